The Morgan fingerprint density at radius 2 is 2.18 bits per heavy atom. The highest BCUT2D eigenvalue weighted by molar-refractivity contribution is 7.13. The average molecular weight is 326 g/mol. The first-order valence-electron chi connectivity index (χ1n) is 6.88. The molecule has 1 unspecified atom stereocenters. The second-order valence-corrected chi connectivity index (χ2v) is 5.63. The topological polar surface area (TPSA) is 62.2 Å². The number of aliphatic hydroxyl groups excluding tert-OH is 1. The average Bonchev–Trinajstić information content (AvgIpc) is 2.99. The third-order valence-corrected chi connectivity index (χ3v) is 4.03. The highest BCUT2D eigenvalue weighted by Gasteiger charge is 2.13. The van der Waals surface area contributed by atoms with Gasteiger partial charge in [0, 0.05) is 17.5 Å². The summed E-state index contributed by atoms with van der Waals surface area (Å²) in [5, 5.41) is 14.1. The number of rotatable bonds is 6. The maximum atomic E-state index is 13.2. The predicted octanol–water partition coefficient (Wildman–Crippen LogP) is 2.98. The smallest absolute Gasteiger partial charge is 0.270 e. The van der Waals surface area contributed by atoms with E-state index in [9.17, 15) is 18.7 Å². The second kappa shape index (κ2) is 7.42. The van der Waals surface area contributed by atoms with Crippen LogP contribution >= 0.6 is 11.3 Å². The van der Waals surface area contributed by atoms with Crippen LogP contribution in [-0.2, 0) is 0 Å². The fourth-order valence-electron chi connectivity index (χ4n) is 1.79. The molecule has 22 heavy (non-hydrogen) atoms. The van der Waals surface area contributed by atoms with Crippen LogP contribution < -0.4 is 5.32 Å². The molecule has 1 aromatic heterocycles. The molecule has 118 valence electrons. The molecule has 0 spiro atoms. The Balaban J connectivity index is 2.01. The quantitative estimate of drug-likeness (QED) is 0.858. The van der Waals surface area contributed by atoms with E-state index in [-0.39, 0.29) is 11.6 Å². The van der Waals surface area contributed by atoms with E-state index >= 15 is 0 Å². The van der Waals surface area contributed by atoms with Crippen molar-refractivity contribution in [3.05, 3.63) is 40.9 Å². The lowest BCUT2D eigenvalue weighted by Crippen LogP contribution is -2.27. The first kappa shape index (κ1) is 16.5. The highest BCUT2D eigenvalue weighted by atomic mass is 32.1. The van der Waals surface area contributed by atoms with Crippen LogP contribution in [0.15, 0.2) is 23.6 Å². The lowest BCUT2D eigenvalue weighted by molar-refractivity contribution is 0.0938. The predicted molar refractivity (Wildman–Crippen MR) is 80.7 cm³/mol. The van der Waals surface area contributed by atoms with Gasteiger partial charge in [-0.3, -0.25) is 4.79 Å². The maximum Gasteiger partial charge on any atom is 0.270 e. The van der Waals surface area contributed by atoms with Crippen molar-refractivity contribution in [2.24, 2.45) is 0 Å². The van der Waals surface area contributed by atoms with Crippen LogP contribution in [0.4, 0.5) is 8.78 Å². The third kappa shape index (κ3) is 4.08. The molecule has 1 amide bonds. The van der Waals surface area contributed by atoms with Crippen molar-refractivity contribution in [1.29, 1.82) is 0 Å². The molecule has 1 atom stereocenters. The van der Waals surface area contributed by atoms with Gasteiger partial charge in [-0.05, 0) is 31.0 Å². The zero-order valence-electron chi connectivity index (χ0n) is 12.0. The summed E-state index contributed by atoms with van der Waals surface area (Å²) in [7, 11) is 0. The largest absolute Gasteiger partial charge is 0.393 e. The van der Waals surface area contributed by atoms with Gasteiger partial charge < -0.3 is 10.4 Å². The van der Waals surface area contributed by atoms with Gasteiger partial charge in [0.1, 0.15) is 10.7 Å². The van der Waals surface area contributed by atoms with Gasteiger partial charge in [-0.2, -0.15) is 0 Å². The normalized spacial score (nSPS) is 12.2. The number of carbonyl (C=O) groups is 1. The number of hydrogen-bond donors (Lipinski definition) is 2. The van der Waals surface area contributed by atoms with Crippen molar-refractivity contribution < 1.29 is 18.7 Å². The number of amides is 1. The van der Waals surface area contributed by atoms with Crippen molar-refractivity contribution in [1.82, 2.24) is 10.3 Å². The molecule has 0 bridgehead atoms. The van der Waals surface area contributed by atoms with Gasteiger partial charge >= 0.3 is 0 Å². The molecule has 7 heteroatoms. The molecule has 0 saturated carbocycles. The number of halogens is 2. The Hall–Kier alpha value is -1.86. The minimum absolute atomic E-state index is 0.218. The molecule has 0 fully saturated rings. The van der Waals surface area contributed by atoms with Crippen LogP contribution in [0.5, 0.6) is 0 Å². The summed E-state index contributed by atoms with van der Waals surface area (Å²) in [4.78, 5) is 16.0. The van der Waals surface area contributed by atoms with Crippen molar-refractivity contribution in [2.45, 2.75) is 25.9 Å². The summed E-state index contributed by atoms with van der Waals surface area (Å²) in [5.41, 5.74) is 0.639. The van der Waals surface area contributed by atoms with Crippen molar-refractivity contribution in [3.8, 4) is 10.6 Å². The molecular formula is C15H16F2N2O2S. The summed E-state index contributed by atoms with van der Waals surface area (Å²) in [5.74, 6) is -2.23. The number of nitrogens with one attached hydrogen (secondary N) is 1. The monoisotopic (exact) mass is 326 g/mol. The fourth-order valence-corrected chi connectivity index (χ4v) is 2.58. The summed E-state index contributed by atoms with van der Waals surface area (Å²) in [6, 6.07) is 3.49. The number of thiazole rings is 1. The zero-order chi connectivity index (χ0) is 16.1. The Morgan fingerprint density at radius 3 is 2.86 bits per heavy atom. The summed E-state index contributed by atoms with van der Waals surface area (Å²) in [6.45, 7) is 2.22. The lowest BCUT2D eigenvalue weighted by atomic mass is 10.2. The van der Waals surface area contributed by atoms with Gasteiger partial charge in [-0.15, -0.1) is 11.3 Å². The van der Waals surface area contributed by atoms with Crippen molar-refractivity contribution >= 4 is 17.2 Å². The van der Waals surface area contributed by atoms with Crippen LogP contribution in [0, 0.1) is 11.6 Å². The molecule has 2 N–H and O–H groups in total. The van der Waals surface area contributed by atoms with Gasteiger partial charge in [0.25, 0.3) is 5.91 Å². The Kier molecular flexibility index (Phi) is 5.57. The van der Waals surface area contributed by atoms with E-state index < -0.39 is 17.7 Å². The van der Waals surface area contributed by atoms with E-state index in [1.54, 1.807) is 5.38 Å². The van der Waals surface area contributed by atoms with Gasteiger partial charge in [-0.1, -0.05) is 6.92 Å². The standard InChI is InChI=1S/C15H16F2N2O2S/c1-2-10(20)5-6-18-14(21)13-8-22-15(19-13)9-3-4-11(16)12(17)7-9/h3-4,7-8,10,20H,2,5-6H2,1H3,(H,18,21). The van der Waals surface area contributed by atoms with Gasteiger partial charge in [0.2, 0.25) is 0 Å². The second-order valence-electron chi connectivity index (χ2n) is 4.77. The van der Waals surface area contributed by atoms with Crippen LogP contribution in [0.25, 0.3) is 10.6 Å². The molecule has 0 saturated heterocycles. The number of carbonyl (C=O) groups excluding carboxylic acids is 1. The Bertz CT molecular complexity index is 661. The van der Waals surface area contributed by atoms with E-state index in [0.717, 1.165) is 12.1 Å². The minimum atomic E-state index is -0.952. The molecule has 1 heterocycles. The molecule has 0 radical (unpaired) electrons. The molecule has 4 nitrogen and oxygen atoms in total. The maximum absolute atomic E-state index is 13.2. The number of benzene rings is 1. The summed E-state index contributed by atoms with van der Waals surface area (Å²) in [6.07, 6.45) is 0.670. The number of aliphatic hydroxyl groups is 1. The van der Waals surface area contributed by atoms with Gasteiger partial charge in [0.15, 0.2) is 11.6 Å². The van der Waals surface area contributed by atoms with E-state index in [0.29, 0.717) is 30.0 Å². The first-order chi connectivity index (χ1) is 10.5. The van der Waals surface area contributed by atoms with Crippen LogP contribution in [-0.4, -0.2) is 28.6 Å². The van der Waals surface area contributed by atoms with E-state index in [4.69, 9.17) is 0 Å². The first-order valence-corrected chi connectivity index (χ1v) is 7.76. The lowest BCUT2D eigenvalue weighted by Gasteiger charge is -2.07. The molecular weight excluding hydrogens is 310 g/mol. The summed E-state index contributed by atoms with van der Waals surface area (Å²) < 4.78 is 26.1. The molecule has 0 aliphatic rings. The molecule has 0 aliphatic carbocycles. The number of nitrogens with zero attached hydrogens (tertiary/aromatic N) is 1. The van der Waals surface area contributed by atoms with Crippen LogP contribution in [0.1, 0.15) is 30.3 Å². The van der Waals surface area contributed by atoms with Gasteiger partial charge in [0.05, 0.1) is 6.10 Å². The van der Waals surface area contributed by atoms with E-state index in [1.165, 1.54) is 17.4 Å². The van der Waals surface area contributed by atoms with Crippen molar-refractivity contribution in [2.75, 3.05) is 6.54 Å². The van der Waals surface area contributed by atoms with E-state index in [1.807, 2.05) is 6.92 Å². The van der Waals surface area contributed by atoms with Crippen LogP contribution in [0.3, 0.4) is 0 Å². The van der Waals surface area contributed by atoms with E-state index in [2.05, 4.69) is 10.3 Å². The molecule has 1 aromatic carbocycles. The fraction of sp³-hybridized carbons (Fsp3) is 0.333. The van der Waals surface area contributed by atoms with Crippen molar-refractivity contribution in [3.63, 3.8) is 0 Å². The molecule has 0 aliphatic heterocycles. The number of hydrogen-bond acceptors (Lipinski definition) is 4. The molecule has 2 aromatic rings. The number of aromatic nitrogens is 1. The third-order valence-electron chi connectivity index (χ3n) is 3.14. The highest BCUT2D eigenvalue weighted by Crippen LogP contribution is 2.25. The minimum Gasteiger partial charge on any atom is -0.393 e. The van der Waals surface area contributed by atoms with Crippen LogP contribution in [0.2, 0.25) is 0 Å². The summed E-state index contributed by atoms with van der Waals surface area (Å²) >= 11 is 1.18. The Morgan fingerprint density at radius 1 is 1.41 bits per heavy atom. The SMILES string of the molecule is CCC(O)CCNC(=O)c1csc(-c2ccc(F)c(F)c2)n1. The van der Waals surface area contributed by atoms with Gasteiger partial charge in [-0.25, -0.2) is 13.8 Å². The molecule has 2 rings (SSSR count). The Labute approximate surface area is 130 Å². The zero-order valence-corrected chi connectivity index (χ0v) is 12.8.